The van der Waals surface area contributed by atoms with Crippen LogP contribution in [0.1, 0.15) is 39.0 Å². The fourth-order valence-corrected chi connectivity index (χ4v) is 4.56. The summed E-state index contributed by atoms with van der Waals surface area (Å²) in [6.07, 6.45) is 5.99. The summed E-state index contributed by atoms with van der Waals surface area (Å²) >= 11 is 7.87. The van der Waals surface area contributed by atoms with Crippen molar-refractivity contribution in [3.8, 4) is 6.07 Å². The Morgan fingerprint density at radius 1 is 1.42 bits per heavy atom. The van der Waals surface area contributed by atoms with E-state index in [9.17, 15) is 5.26 Å². The van der Waals surface area contributed by atoms with Gasteiger partial charge in [-0.15, -0.1) is 11.8 Å². The van der Waals surface area contributed by atoms with Crippen molar-refractivity contribution in [3.63, 3.8) is 0 Å². The second-order valence-electron chi connectivity index (χ2n) is 5.32. The summed E-state index contributed by atoms with van der Waals surface area (Å²) in [7, 11) is 0. The highest BCUT2D eigenvalue weighted by atomic mass is 35.5. The van der Waals surface area contributed by atoms with E-state index in [0.29, 0.717) is 5.25 Å². The van der Waals surface area contributed by atoms with Gasteiger partial charge in [0.15, 0.2) is 0 Å². The standard InChI is InChI=1S/C16H20ClNS/c1-2-4-12-7-8-13(11-18)16(9-12)19-15-6-3-5-14(17)10-15/h3,5-6,10,12-13,16H,2,4,7-9H2,1H3. The van der Waals surface area contributed by atoms with Gasteiger partial charge in [-0.3, -0.25) is 0 Å². The first-order chi connectivity index (χ1) is 9.22. The van der Waals surface area contributed by atoms with Gasteiger partial charge in [0.1, 0.15) is 0 Å². The zero-order chi connectivity index (χ0) is 13.7. The number of rotatable bonds is 4. The molecule has 0 saturated heterocycles. The van der Waals surface area contributed by atoms with Crippen LogP contribution in [0.3, 0.4) is 0 Å². The third-order valence-corrected chi connectivity index (χ3v) is 5.43. The van der Waals surface area contributed by atoms with Gasteiger partial charge in [0.25, 0.3) is 0 Å². The number of nitrogens with zero attached hydrogens (tertiary/aromatic N) is 1. The van der Waals surface area contributed by atoms with Gasteiger partial charge in [-0.1, -0.05) is 37.4 Å². The van der Waals surface area contributed by atoms with Crippen molar-refractivity contribution in [2.45, 2.75) is 49.2 Å². The van der Waals surface area contributed by atoms with Gasteiger partial charge in [0.05, 0.1) is 12.0 Å². The first-order valence-electron chi connectivity index (χ1n) is 7.04. The van der Waals surface area contributed by atoms with E-state index in [1.807, 2.05) is 30.0 Å². The summed E-state index contributed by atoms with van der Waals surface area (Å²) in [5.74, 6) is 0.989. The van der Waals surface area contributed by atoms with E-state index in [2.05, 4.69) is 19.1 Å². The molecule has 1 saturated carbocycles. The lowest BCUT2D eigenvalue weighted by molar-refractivity contribution is 0.307. The van der Waals surface area contributed by atoms with Crippen LogP contribution >= 0.6 is 23.4 Å². The van der Waals surface area contributed by atoms with Crippen molar-refractivity contribution in [1.29, 1.82) is 5.26 Å². The molecule has 2 rings (SSSR count). The highest BCUT2D eigenvalue weighted by Gasteiger charge is 2.30. The Hall–Kier alpha value is -0.650. The molecule has 0 spiro atoms. The predicted molar refractivity (Wildman–Crippen MR) is 82.4 cm³/mol. The fourth-order valence-electron chi connectivity index (χ4n) is 2.88. The second kappa shape index (κ2) is 7.22. The molecule has 1 aromatic rings. The third-order valence-electron chi connectivity index (χ3n) is 3.85. The van der Waals surface area contributed by atoms with E-state index < -0.39 is 0 Å². The molecule has 0 bridgehead atoms. The number of nitriles is 1. The van der Waals surface area contributed by atoms with Crippen LogP contribution < -0.4 is 0 Å². The third kappa shape index (κ3) is 4.16. The van der Waals surface area contributed by atoms with Crippen molar-refractivity contribution in [2.24, 2.45) is 11.8 Å². The molecule has 0 heterocycles. The molecule has 0 aromatic heterocycles. The van der Waals surface area contributed by atoms with E-state index in [-0.39, 0.29) is 5.92 Å². The Morgan fingerprint density at radius 3 is 2.95 bits per heavy atom. The van der Waals surface area contributed by atoms with Crippen LogP contribution in [0.4, 0.5) is 0 Å². The molecule has 102 valence electrons. The normalized spacial score (nSPS) is 26.9. The summed E-state index contributed by atoms with van der Waals surface area (Å²) in [6, 6.07) is 10.5. The predicted octanol–water partition coefficient (Wildman–Crippen LogP) is 5.54. The van der Waals surface area contributed by atoms with Gasteiger partial charge in [-0.05, 0) is 43.4 Å². The molecule has 3 unspecified atom stereocenters. The van der Waals surface area contributed by atoms with Gasteiger partial charge in [0, 0.05) is 15.2 Å². The Bertz CT molecular complexity index is 454. The summed E-state index contributed by atoms with van der Waals surface area (Å²) in [5.41, 5.74) is 0. The molecule has 0 amide bonds. The van der Waals surface area contributed by atoms with E-state index in [1.54, 1.807) is 0 Å². The first-order valence-corrected chi connectivity index (χ1v) is 8.30. The summed E-state index contributed by atoms with van der Waals surface area (Å²) in [5, 5.41) is 10.5. The van der Waals surface area contributed by atoms with Crippen molar-refractivity contribution in [1.82, 2.24) is 0 Å². The largest absolute Gasteiger partial charge is 0.198 e. The average molecular weight is 294 g/mol. The number of hydrogen-bond acceptors (Lipinski definition) is 2. The molecule has 19 heavy (non-hydrogen) atoms. The van der Waals surface area contributed by atoms with Crippen LogP contribution in [0.15, 0.2) is 29.2 Å². The van der Waals surface area contributed by atoms with E-state index in [4.69, 9.17) is 11.6 Å². The smallest absolute Gasteiger partial charge is 0.0667 e. The van der Waals surface area contributed by atoms with Crippen molar-refractivity contribution < 1.29 is 0 Å². The van der Waals surface area contributed by atoms with Crippen molar-refractivity contribution in [3.05, 3.63) is 29.3 Å². The number of benzene rings is 1. The molecule has 1 fully saturated rings. The molecule has 0 N–H and O–H groups in total. The Labute approximate surface area is 125 Å². The minimum absolute atomic E-state index is 0.192. The first kappa shape index (κ1) is 14.8. The average Bonchev–Trinajstić information content (AvgIpc) is 2.39. The summed E-state index contributed by atoms with van der Waals surface area (Å²) < 4.78 is 0. The Kier molecular flexibility index (Phi) is 5.60. The van der Waals surface area contributed by atoms with Gasteiger partial charge in [0.2, 0.25) is 0 Å². The maximum absolute atomic E-state index is 9.32. The van der Waals surface area contributed by atoms with E-state index >= 15 is 0 Å². The van der Waals surface area contributed by atoms with Gasteiger partial charge >= 0.3 is 0 Å². The lowest BCUT2D eigenvalue weighted by atomic mass is 9.80. The monoisotopic (exact) mass is 293 g/mol. The molecule has 1 aliphatic rings. The number of halogens is 1. The topological polar surface area (TPSA) is 23.8 Å². The molecule has 1 nitrogen and oxygen atoms in total. The minimum atomic E-state index is 0.192. The van der Waals surface area contributed by atoms with Crippen LogP contribution in [0, 0.1) is 23.2 Å². The maximum atomic E-state index is 9.32. The molecule has 0 aliphatic heterocycles. The summed E-state index contributed by atoms with van der Waals surface area (Å²) in [4.78, 5) is 1.19. The lowest BCUT2D eigenvalue weighted by Gasteiger charge is -2.32. The molecular weight excluding hydrogens is 274 g/mol. The Balaban J connectivity index is 2.04. The van der Waals surface area contributed by atoms with Crippen LogP contribution in [0.5, 0.6) is 0 Å². The molecule has 1 aliphatic carbocycles. The zero-order valence-corrected chi connectivity index (χ0v) is 12.9. The molecule has 1 aromatic carbocycles. The Morgan fingerprint density at radius 2 is 2.26 bits per heavy atom. The second-order valence-corrected chi connectivity index (χ2v) is 7.07. The van der Waals surface area contributed by atoms with Gasteiger partial charge in [-0.25, -0.2) is 0 Å². The summed E-state index contributed by atoms with van der Waals surface area (Å²) in [6.45, 7) is 2.25. The zero-order valence-electron chi connectivity index (χ0n) is 11.3. The van der Waals surface area contributed by atoms with Gasteiger partial charge < -0.3 is 0 Å². The quantitative estimate of drug-likeness (QED) is 0.727. The number of hydrogen-bond donors (Lipinski definition) is 0. The van der Waals surface area contributed by atoms with Crippen molar-refractivity contribution in [2.75, 3.05) is 0 Å². The lowest BCUT2D eigenvalue weighted by Crippen LogP contribution is -2.26. The van der Waals surface area contributed by atoms with Crippen LogP contribution in [0.25, 0.3) is 0 Å². The molecule has 3 heteroatoms. The molecular formula is C16H20ClNS. The SMILES string of the molecule is CCCC1CCC(C#N)C(Sc2cccc(Cl)c2)C1. The van der Waals surface area contributed by atoms with E-state index in [0.717, 1.165) is 17.4 Å². The highest BCUT2D eigenvalue weighted by Crippen LogP contribution is 2.41. The van der Waals surface area contributed by atoms with Gasteiger partial charge in [-0.2, -0.15) is 5.26 Å². The highest BCUT2D eigenvalue weighted by molar-refractivity contribution is 8.00. The van der Waals surface area contributed by atoms with Crippen molar-refractivity contribution >= 4 is 23.4 Å². The minimum Gasteiger partial charge on any atom is -0.198 e. The van der Waals surface area contributed by atoms with E-state index in [1.165, 1.54) is 30.6 Å². The fraction of sp³-hybridized carbons (Fsp3) is 0.562. The number of thioether (sulfide) groups is 1. The maximum Gasteiger partial charge on any atom is 0.0667 e. The van der Waals surface area contributed by atoms with Crippen LogP contribution in [-0.4, -0.2) is 5.25 Å². The molecule has 3 atom stereocenters. The van der Waals surface area contributed by atoms with Crippen LogP contribution in [0.2, 0.25) is 5.02 Å². The molecule has 0 radical (unpaired) electrons. The van der Waals surface area contributed by atoms with Crippen LogP contribution in [-0.2, 0) is 0 Å².